The van der Waals surface area contributed by atoms with Crippen molar-refractivity contribution in [2.45, 2.75) is 44.3 Å². The molecule has 5 N–H and O–H groups in total. The highest BCUT2D eigenvalue weighted by Gasteiger charge is 2.53. The lowest BCUT2D eigenvalue weighted by Crippen LogP contribution is -2.72. The lowest BCUT2D eigenvalue weighted by Gasteiger charge is -2.51. The van der Waals surface area contributed by atoms with E-state index in [1.54, 1.807) is 19.4 Å². The molecule has 8 nitrogen and oxygen atoms in total. The third-order valence-electron chi connectivity index (χ3n) is 7.00. The summed E-state index contributed by atoms with van der Waals surface area (Å²) in [6.45, 7) is 4.94. The zero-order valence-electron chi connectivity index (χ0n) is 20.8. The summed E-state index contributed by atoms with van der Waals surface area (Å²) in [6, 6.07) is 15.0. The van der Waals surface area contributed by atoms with E-state index in [9.17, 15) is 4.79 Å². The van der Waals surface area contributed by atoms with Gasteiger partial charge in [-0.3, -0.25) is 14.7 Å². The number of nitrogens with two attached hydrogens (primary N) is 2. The number of rotatable bonds is 9. The Labute approximate surface area is 205 Å². The smallest absolute Gasteiger partial charge is 0.272 e. The number of hydrogen-bond donors (Lipinski definition) is 3. The minimum atomic E-state index is -1.32. The van der Waals surface area contributed by atoms with Crippen molar-refractivity contribution in [3.63, 3.8) is 0 Å². The normalized spacial score (nSPS) is 15.3. The van der Waals surface area contributed by atoms with Crippen molar-refractivity contribution in [3.8, 4) is 5.75 Å². The third-order valence-corrected chi connectivity index (χ3v) is 7.00. The molecule has 0 aliphatic carbocycles. The van der Waals surface area contributed by atoms with Gasteiger partial charge in [-0.15, -0.1) is 0 Å². The molecule has 4 rings (SSSR count). The van der Waals surface area contributed by atoms with Gasteiger partial charge in [-0.05, 0) is 62.3 Å². The van der Waals surface area contributed by atoms with Crippen molar-refractivity contribution in [1.82, 2.24) is 20.1 Å². The number of nitrogens with zero attached hydrogens (tertiary/aromatic N) is 3. The van der Waals surface area contributed by atoms with Crippen LogP contribution < -0.4 is 21.8 Å². The van der Waals surface area contributed by atoms with Crippen LogP contribution in [0.1, 0.15) is 44.4 Å². The molecule has 2 heterocycles. The molecule has 4 aromatic rings. The Bertz CT molecular complexity index is 1400. The van der Waals surface area contributed by atoms with Crippen molar-refractivity contribution in [2.75, 3.05) is 20.7 Å². The summed E-state index contributed by atoms with van der Waals surface area (Å²) in [7, 11) is 3.63. The molecule has 2 atom stereocenters. The summed E-state index contributed by atoms with van der Waals surface area (Å²) in [6.07, 6.45) is 4.05. The second-order valence-electron chi connectivity index (χ2n) is 9.09. The third kappa shape index (κ3) is 3.97. The Kier molecular flexibility index (Phi) is 6.89. The molecule has 0 aliphatic rings. The summed E-state index contributed by atoms with van der Waals surface area (Å²) in [5.74, 6) is 0.688. The van der Waals surface area contributed by atoms with E-state index >= 15 is 0 Å². The quantitative estimate of drug-likeness (QED) is 0.317. The fourth-order valence-corrected chi connectivity index (χ4v) is 5.18. The number of fused-ring (bicyclic) bond motifs is 2. The molecule has 0 fully saturated rings. The minimum absolute atomic E-state index is 0.270. The standard InChI is InChI=1S/C27H34N6O2/c1-5-14-26(28,33(3)16-6-2)27(29,24-19-9-7-8-10-20(19)25(34)32-31-24)22-13-15-30-23-12-11-18(35-4)17-21(22)23/h7-13,15,17H,5-6,14,16,28-29H2,1-4H3,(H,32,34). The second-order valence-corrected chi connectivity index (χ2v) is 9.09. The van der Waals surface area contributed by atoms with Gasteiger partial charge in [-0.1, -0.05) is 38.5 Å². The maximum atomic E-state index is 12.7. The van der Waals surface area contributed by atoms with Gasteiger partial charge < -0.3 is 16.2 Å². The molecule has 0 spiro atoms. The number of pyridine rings is 1. The van der Waals surface area contributed by atoms with Crippen LogP contribution in [-0.2, 0) is 5.54 Å². The van der Waals surface area contributed by atoms with Crippen LogP contribution in [0.25, 0.3) is 21.7 Å². The number of H-pyrrole nitrogens is 1. The van der Waals surface area contributed by atoms with E-state index in [1.807, 2.05) is 49.5 Å². The van der Waals surface area contributed by atoms with Gasteiger partial charge >= 0.3 is 0 Å². The van der Waals surface area contributed by atoms with Gasteiger partial charge in [0.05, 0.1) is 29.4 Å². The molecule has 0 amide bonds. The van der Waals surface area contributed by atoms with E-state index in [1.165, 1.54) is 0 Å². The number of likely N-dealkylation sites (N-methyl/N-ethyl adjacent to an activating group) is 1. The van der Waals surface area contributed by atoms with Crippen LogP contribution in [0.5, 0.6) is 5.75 Å². The van der Waals surface area contributed by atoms with Crippen molar-refractivity contribution in [2.24, 2.45) is 11.5 Å². The Morgan fingerprint density at radius 3 is 2.46 bits per heavy atom. The molecule has 0 saturated carbocycles. The average molecular weight is 475 g/mol. The number of methoxy groups -OCH3 is 1. The zero-order chi connectivity index (χ0) is 25.2. The molecule has 2 aromatic carbocycles. The Morgan fingerprint density at radius 1 is 1.03 bits per heavy atom. The Balaban J connectivity index is 2.18. The Morgan fingerprint density at radius 2 is 1.77 bits per heavy atom. The number of ether oxygens (including phenoxy) is 1. The van der Waals surface area contributed by atoms with Crippen molar-refractivity contribution in [1.29, 1.82) is 0 Å². The summed E-state index contributed by atoms with van der Waals surface area (Å²) in [4.78, 5) is 19.4. The largest absolute Gasteiger partial charge is 0.497 e. The maximum absolute atomic E-state index is 12.7. The molecule has 2 unspecified atom stereocenters. The van der Waals surface area contributed by atoms with Crippen LogP contribution >= 0.6 is 0 Å². The van der Waals surface area contributed by atoms with E-state index in [4.69, 9.17) is 16.2 Å². The molecule has 0 radical (unpaired) electrons. The molecule has 184 valence electrons. The summed E-state index contributed by atoms with van der Waals surface area (Å²) in [5.41, 5.74) is 14.4. The predicted octanol–water partition coefficient (Wildman–Crippen LogP) is 3.48. The van der Waals surface area contributed by atoms with Gasteiger partial charge in [0, 0.05) is 17.0 Å². The van der Waals surface area contributed by atoms with Gasteiger partial charge in [0.15, 0.2) is 0 Å². The topological polar surface area (TPSA) is 123 Å². The van der Waals surface area contributed by atoms with Gasteiger partial charge in [0.1, 0.15) is 11.3 Å². The molecule has 0 aliphatic heterocycles. The highest BCUT2D eigenvalue weighted by molar-refractivity contribution is 5.89. The van der Waals surface area contributed by atoms with Crippen molar-refractivity contribution < 1.29 is 4.74 Å². The fraction of sp³-hybridized carbons (Fsp3) is 0.370. The van der Waals surface area contributed by atoms with E-state index in [2.05, 4.69) is 33.9 Å². The fourth-order valence-electron chi connectivity index (χ4n) is 5.18. The molecular formula is C27H34N6O2. The summed E-state index contributed by atoms with van der Waals surface area (Å²) < 4.78 is 5.53. The predicted molar refractivity (Wildman–Crippen MR) is 140 cm³/mol. The van der Waals surface area contributed by atoms with E-state index in [-0.39, 0.29) is 5.56 Å². The lowest BCUT2D eigenvalue weighted by atomic mass is 9.71. The average Bonchev–Trinajstić information content (AvgIpc) is 2.88. The van der Waals surface area contributed by atoms with Gasteiger partial charge in [0.25, 0.3) is 5.56 Å². The SMILES string of the molecule is CCCN(C)C(N)(CCC)C(N)(c1ccnc2ccc(OC)cc12)c1n[nH]c(=O)c2ccccc12. The second kappa shape index (κ2) is 9.73. The number of benzene rings is 2. The van der Waals surface area contributed by atoms with Gasteiger partial charge in [-0.25, -0.2) is 5.10 Å². The molecule has 0 bridgehead atoms. The molecule has 0 saturated heterocycles. The monoisotopic (exact) mass is 474 g/mol. The van der Waals surface area contributed by atoms with Crippen LogP contribution in [0.15, 0.2) is 59.5 Å². The first-order valence-electron chi connectivity index (χ1n) is 12.0. The van der Waals surface area contributed by atoms with Crippen LogP contribution in [0, 0.1) is 0 Å². The maximum Gasteiger partial charge on any atom is 0.272 e. The van der Waals surface area contributed by atoms with Crippen molar-refractivity contribution in [3.05, 3.63) is 76.3 Å². The summed E-state index contributed by atoms with van der Waals surface area (Å²) in [5, 5.41) is 9.25. The highest BCUT2D eigenvalue weighted by Crippen LogP contribution is 2.44. The van der Waals surface area contributed by atoms with Crippen LogP contribution in [0.3, 0.4) is 0 Å². The first-order chi connectivity index (χ1) is 16.8. The number of nitrogens with one attached hydrogen (secondary N) is 1. The van der Waals surface area contributed by atoms with Gasteiger partial charge in [-0.2, -0.15) is 5.10 Å². The number of aromatic amines is 1. The van der Waals surface area contributed by atoms with Crippen LogP contribution in [-0.4, -0.2) is 46.4 Å². The number of aromatic nitrogens is 3. The first-order valence-corrected chi connectivity index (χ1v) is 12.0. The zero-order valence-corrected chi connectivity index (χ0v) is 20.8. The Hall–Kier alpha value is -3.33. The highest BCUT2D eigenvalue weighted by atomic mass is 16.5. The molecule has 8 heteroatoms. The van der Waals surface area contributed by atoms with E-state index in [0.29, 0.717) is 28.6 Å². The molecule has 2 aromatic heterocycles. The molecule has 35 heavy (non-hydrogen) atoms. The lowest BCUT2D eigenvalue weighted by molar-refractivity contribution is 0.0446. The van der Waals surface area contributed by atoms with Crippen LogP contribution in [0.4, 0.5) is 0 Å². The minimum Gasteiger partial charge on any atom is -0.497 e. The summed E-state index contributed by atoms with van der Waals surface area (Å²) >= 11 is 0. The number of hydrogen-bond acceptors (Lipinski definition) is 7. The van der Waals surface area contributed by atoms with Crippen molar-refractivity contribution >= 4 is 21.7 Å². The van der Waals surface area contributed by atoms with E-state index < -0.39 is 11.2 Å². The molecular weight excluding hydrogens is 440 g/mol. The van der Waals surface area contributed by atoms with Gasteiger partial charge in [0.2, 0.25) is 0 Å². The van der Waals surface area contributed by atoms with Crippen LogP contribution in [0.2, 0.25) is 0 Å². The van der Waals surface area contributed by atoms with E-state index in [0.717, 1.165) is 35.9 Å². The first kappa shape index (κ1) is 24.8.